The Balaban J connectivity index is 1.63. The number of carbonyl (C=O) groups excluding carboxylic acids is 2. The van der Waals surface area contributed by atoms with Crippen molar-refractivity contribution in [2.45, 2.75) is 29.2 Å². The predicted molar refractivity (Wildman–Crippen MR) is 105 cm³/mol. The summed E-state index contributed by atoms with van der Waals surface area (Å²) < 4.78 is 48.7. The van der Waals surface area contributed by atoms with Crippen LogP contribution in [0, 0.1) is 0 Å². The molecule has 29 heavy (non-hydrogen) atoms. The smallest absolute Gasteiger partial charge is 0.269 e. The Bertz CT molecular complexity index is 1170. The Morgan fingerprint density at radius 3 is 2.31 bits per heavy atom. The van der Waals surface area contributed by atoms with Crippen LogP contribution in [0.2, 0.25) is 0 Å². The number of sulfone groups is 1. The molecule has 2 aromatic carbocycles. The first kappa shape index (κ1) is 21.0. The molecule has 0 saturated heterocycles. The van der Waals surface area contributed by atoms with Crippen LogP contribution >= 0.6 is 0 Å². The molecule has 10 heteroatoms. The lowest BCUT2D eigenvalue weighted by Crippen LogP contribution is -2.35. The number of fused-ring (bicyclic) bond motifs is 1. The van der Waals surface area contributed by atoms with Crippen LogP contribution in [0.4, 0.5) is 0 Å². The molecule has 1 aliphatic heterocycles. The number of sulfonamides is 1. The second-order valence-electron chi connectivity index (χ2n) is 6.76. The maximum Gasteiger partial charge on any atom is 0.269 e. The molecule has 0 bridgehead atoms. The van der Waals surface area contributed by atoms with Gasteiger partial charge in [0.2, 0.25) is 5.91 Å². The van der Waals surface area contributed by atoms with Crippen LogP contribution in [0.15, 0.2) is 58.3 Å². The van der Waals surface area contributed by atoms with Crippen molar-refractivity contribution in [2.75, 3.05) is 12.8 Å². The van der Waals surface area contributed by atoms with Gasteiger partial charge < -0.3 is 5.32 Å². The van der Waals surface area contributed by atoms with Crippen LogP contribution in [0.25, 0.3) is 0 Å². The van der Waals surface area contributed by atoms with Gasteiger partial charge in [-0.1, -0.05) is 24.3 Å². The molecule has 0 unspecified atom stereocenters. The summed E-state index contributed by atoms with van der Waals surface area (Å²) >= 11 is 0. The molecule has 0 saturated carbocycles. The molecule has 2 aromatic rings. The lowest BCUT2D eigenvalue weighted by Gasteiger charge is -2.17. The predicted octanol–water partition coefficient (Wildman–Crippen LogP) is 1.50. The zero-order chi connectivity index (χ0) is 21.4. The van der Waals surface area contributed by atoms with Crippen molar-refractivity contribution in [2.24, 2.45) is 0 Å². The Labute approximate surface area is 169 Å². The normalized spacial score (nSPS) is 16.3. The third-order valence-electron chi connectivity index (χ3n) is 4.64. The van der Waals surface area contributed by atoms with E-state index in [4.69, 9.17) is 0 Å². The maximum absolute atomic E-state index is 12.5. The van der Waals surface area contributed by atoms with E-state index in [9.17, 15) is 26.4 Å². The van der Waals surface area contributed by atoms with Crippen LogP contribution in [0.3, 0.4) is 0 Å². The second-order valence-corrected chi connectivity index (χ2v) is 10.6. The van der Waals surface area contributed by atoms with Gasteiger partial charge in [0, 0.05) is 19.2 Å². The van der Waals surface area contributed by atoms with E-state index in [1.54, 1.807) is 25.1 Å². The van der Waals surface area contributed by atoms with Crippen molar-refractivity contribution in [1.82, 2.24) is 9.62 Å². The van der Waals surface area contributed by atoms with E-state index in [2.05, 4.69) is 5.32 Å². The fraction of sp³-hybridized carbons (Fsp3) is 0.263. The standard InChI is InChI=1S/C19H20N2O6S2/c1-13(14-7-9-15(10-8-14)28(2,24)25)20-18(22)11-12-21-19(23)16-5-3-4-6-17(16)29(21,26)27/h3-10,13H,11-12H2,1-2H3,(H,20,22)/t13-/m0/s1. The molecule has 0 fully saturated rings. The summed E-state index contributed by atoms with van der Waals surface area (Å²) in [5, 5.41) is 2.72. The monoisotopic (exact) mass is 436 g/mol. The summed E-state index contributed by atoms with van der Waals surface area (Å²) in [5.41, 5.74) is 0.801. The SMILES string of the molecule is C[C@H](NC(=O)CCN1C(=O)c2ccccc2S1(=O)=O)c1ccc(S(C)(=O)=O)cc1. The summed E-state index contributed by atoms with van der Waals surface area (Å²) in [6.45, 7) is 1.46. The summed E-state index contributed by atoms with van der Waals surface area (Å²) in [7, 11) is -7.25. The van der Waals surface area contributed by atoms with Crippen LogP contribution < -0.4 is 5.32 Å². The molecule has 1 heterocycles. The van der Waals surface area contributed by atoms with E-state index < -0.39 is 37.7 Å². The van der Waals surface area contributed by atoms with Crippen LogP contribution in [-0.4, -0.2) is 45.8 Å². The number of hydrogen-bond donors (Lipinski definition) is 1. The number of nitrogens with zero attached hydrogens (tertiary/aromatic N) is 1. The molecule has 2 amide bonds. The lowest BCUT2D eigenvalue weighted by molar-refractivity contribution is -0.121. The van der Waals surface area contributed by atoms with Gasteiger partial charge in [0.05, 0.1) is 16.5 Å². The fourth-order valence-corrected chi connectivity index (χ4v) is 5.26. The Kier molecular flexibility index (Phi) is 5.50. The number of amides is 2. The van der Waals surface area contributed by atoms with Crippen molar-refractivity contribution in [3.05, 3.63) is 59.7 Å². The topological polar surface area (TPSA) is 118 Å². The Hall–Kier alpha value is -2.72. The molecule has 1 N–H and O–H groups in total. The van der Waals surface area contributed by atoms with E-state index in [0.717, 1.165) is 6.26 Å². The quantitative estimate of drug-likeness (QED) is 0.733. The first-order valence-electron chi connectivity index (χ1n) is 8.77. The summed E-state index contributed by atoms with van der Waals surface area (Å²) in [6, 6.07) is 11.6. The summed E-state index contributed by atoms with van der Waals surface area (Å²) in [6.07, 6.45) is 0.921. The van der Waals surface area contributed by atoms with Gasteiger partial charge in [0.1, 0.15) is 4.90 Å². The zero-order valence-electron chi connectivity index (χ0n) is 15.8. The second kappa shape index (κ2) is 7.60. The van der Waals surface area contributed by atoms with Gasteiger partial charge in [-0.3, -0.25) is 9.59 Å². The van der Waals surface area contributed by atoms with E-state index >= 15 is 0 Å². The van der Waals surface area contributed by atoms with Crippen molar-refractivity contribution < 1.29 is 26.4 Å². The number of nitrogens with one attached hydrogen (secondary N) is 1. The van der Waals surface area contributed by atoms with Gasteiger partial charge in [0.25, 0.3) is 15.9 Å². The summed E-state index contributed by atoms with van der Waals surface area (Å²) in [4.78, 5) is 24.7. The highest BCUT2D eigenvalue weighted by atomic mass is 32.2. The minimum atomic E-state index is -3.94. The lowest BCUT2D eigenvalue weighted by atomic mass is 10.1. The van der Waals surface area contributed by atoms with Gasteiger partial charge in [-0.15, -0.1) is 0 Å². The number of carbonyl (C=O) groups is 2. The molecule has 3 rings (SSSR count). The van der Waals surface area contributed by atoms with Gasteiger partial charge in [0.15, 0.2) is 9.84 Å². The van der Waals surface area contributed by atoms with Crippen LogP contribution in [0.5, 0.6) is 0 Å². The Morgan fingerprint density at radius 1 is 1.10 bits per heavy atom. The molecular formula is C19H20N2O6S2. The van der Waals surface area contributed by atoms with E-state index in [-0.39, 0.29) is 28.3 Å². The van der Waals surface area contributed by atoms with Gasteiger partial charge >= 0.3 is 0 Å². The summed E-state index contributed by atoms with van der Waals surface area (Å²) in [5.74, 6) is -1.07. The Morgan fingerprint density at radius 2 is 1.72 bits per heavy atom. The van der Waals surface area contributed by atoms with Gasteiger partial charge in [-0.2, -0.15) is 0 Å². The molecule has 1 atom stereocenters. The zero-order valence-corrected chi connectivity index (χ0v) is 17.5. The highest BCUT2D eigenvalue weighted by Gasteiger charge is 2.40. The van der Waals surface area contributed by atoms with Gasteiger partial charge in [-0.05, 0) is 36.8 Å². The van der Waals surface area contributed by atoms with Crippen LogP contribution in [-0.2, 0) is 24.7 Å². The van der Waals surface area contributed by atoms with Crippen molar-refractivity contribution in [3.63, 3.8) is 0 Å². The highest BCUT2D eigenvalue weighted by molar-refractivity contribution is 7.90. The van der Waals surface area contributed by atoms with Crippen LogP contribution in [0.1, 0.15) is 35.3 Å². The van der Waals surface area contributed by atoms with Crippen molar-refractivity contribution >= 4 is 31.7 Å². The average molecular weight is 437 g/mol. The number of benzene rings is 2. The minimum Gasteiger partial charge on any atom is -0.350 e. The molecule has 154 valence electrons. The van der Waals surface area contributed by atoms with Gasteiger partial charge in [-0.25, -0.2) is 21.1 Å². The largest absolute Gasteiger partial charge is 0.350 e. The number of hydrogen-bond acceptors (Lipinski definition) is 6. The van der Waals surface area contributed by atoms with Crippen molar-refractivity contribution in [3.8, 4) is 0 Å². The third-order valence-corrected chi connectivity index (χ3v) is 7.61. The third kappa shape index (κ3) is 4.18. The molecule has 0 radical (unpaired) electrons. The average Bonchev–Trinajstić information content (AvgIpc) is 2.86. The maximum atomic E-state index is 12.5. The first-order chi connectivity index (χ1) is 13.5. The molecule has 0 aliphatic carbocycles. The molecule has 8 nitrogen and oxygen atoms in total. The van der Waals surface area contributed by atoms with Crippen molar-refractivity contribution in [1.29, 1.82) is 0 Å². The highest BCUT2D eigenvalue weighted by Crippen LogP contribution is 2.29. The molecule has 1 aliphatic rings. The molecule has 0 aromatic heterocycles. The van der Waals surface area contributed by atoms with E-state index in [0.29, 0.717) is 9.87 Å². The fourth-order valence-electron chi connectivity index (χ4n) is 3.06. The van der Waals surface area contributed by atoms with E-state index in [1.165, 1.54) is 30.3 Å². The molecule has 0 spiro atoms. The number of rotatable bonds is 6. The minimum absolute atomic E-state index is 0.0512. The van der Waals surface area contributed by atoms with E-state index in [1.807, 2.05) is 0 Å². The first-order valence-corrected chi connectivity index (χ1v) is 12.1. The molecular weight excluding hydrogens is 416 g/mol.